The molecule has 0 saturated heterocycles. The number of hydrogen-bond donors (Lipinski definition) is 2. The van der Waals surface area contributed by atoms with E-state index >= 15 is 0 Å². The molecular weight excluding hydrogens is 350 g/mol. The highest BCUT2D eigenvalue weighted by atomic mass is 16.1. The van der Waals surface area contributed by atoms with Gasteiger partial charge in [0.1, 0.15) is 11.6 Å². The third kappa shape index (κ3) is 7.72. The number of anilines is 1. The van der Waals surface area contributed by atoms with Gasteiger partial charge in [-0.25, -0.2) is 0 Å². The summed E-state index contributed by atoms with van der Waals surface area (Å²) >= 11 is 0. The molecule has 158 valence electrons. The van der Waals surface area contributed by atoms with Crippen molar-refractivity contribution in [3.05, 3.63) is 30.3 Å². The summed E-state index contributed by atoms with van der Waals surface area (Å²) in [4.78, 5) is 26.1. The molecule has 5 heteroatoms. The van der Waals surface area contributed by atoms with E-state index in [0.717, 1.165) is 32.6 Å². The number of benzene rings is 1. The van der Waals surface area contributed by atoms with Crippen molar-refractivity contribution in [2.45, 2.75) is 66.0 Å². The molecule has 0 bridgehead atoms. The molecule has 0 aliphatic heterocycles. The van der Waals surface area contributed by atoms with Crippen LogP contribution in [-0.4, -0.2) is 48.8 Å². The number of rotatable bonds is 13. The molecule has 0 aliphatic carbocycles. The van der Waals surface area contributed by atoms with Crippen molar-refractivity contribution in [3.63, 3.8) is 0 Å². The Kier molecular flexibility index (Phi) is 9.31. The van der Waals surface area contributed by atoms with Gasteiger partial charge in [0.15, 0.2) is 0 Å². The summed E-state index contributed by atoms with van der Waals surface area (Å²) in [6, 6.07) is 10.4. The van der Waals surface area contributed by atoms with Gasteiger partial charge in [-0.2, -0.15) is 0 Å². The van der Waals surface area contributed by atoms with E-state index in [1.807, 2.05) is 33.8 Å². The van der Waals surface area contributed by atoms with Crippen LogP contribution in [0.3, 0.4) is 0 Å². The van der Waals surface area contributed by atoms with Gasteiger partial charge in [-0.05, 0) is 72.9 Å². The zero-order chi connectivity index (χ0) is 21.4. The first-order chi connectivity index (χ1) is 13.0. The van der Waals surface area contributed by atoms with E-state index in [2.05, 4.69) is 46.7 Å². The van der Waals surface area contributed by atoms with Crippen LogP contribution in [0.5, 0.6) is 0 Å². The van der Waals surface area contributed by atoms with Gasteiger partial charge in [-0.1, -0.05) is 18.2 Å². The molecule has 0 fully saturated rings. The number of carbonyl (C=O) groups is 2. The van der Waals surface area contributed by atoms with Gasteiger partial charge >= 0.3 is 0 Å². The maximum absolute atomic E-state index is 11.9. The number of hydrogen-bond acceptors (Lipinski definition) is 5. The average molecular weight is 390 g/mol. The van der Waals surface area contributed by atoms with E-state index in [0.29, 0.717) is 5.92 Å². The highest BCUT2D eigenvalue weighted by molar-refractivity contribution is 5.85. The lowest BCUT2D eigenvalue weighted by Crippen LogP contribution is -2.52. The van der Waals surface area contributed by atoms with Crippen molar-refractivity contribution >= 4 is 17.3 Å². The van der Waals surface area contributed by atoms with Crippen LogP contribution in [0.25, 0.3) is 0 Å². The number of Topliss-reactive ketones (excluding diaryl/α,β-unsaturated/α-hetero) is 2. The standard InChI is InChI=1S/C23H39N3O2/c1-8-26(21-12-10-9-11-13-21)15-14-20(16-24-22(4,5)18(2)27)17-25-23(6,7)19(3)28/h9-13,20,24-25H,8,14-17H2,1-7H3. The minimum atomic E-state index is -0.543. The van der Waals surface area contributed by atoms with Crippen LogP contribution >= 0.6 is 0 Å². The Morgan fingerprint density at radius 3 is 1.79 bits per heavy atom. The minimum Gasteiger partial charge on any atom is -0.372 e. The van der Waals surface area contributed by atoms with E-state index < -0.39 is 11.1 Å². The Bertz CT molecular complexity index is 596. The molecule has 0 saturated carbocycles. The van der Waals surface area contributed by atoms with Gasteiger partial charge in [0.05, 0.1) is 11.1 Å². The second-order valence-electron chi connectivity index (χ2n) is 8.69. The lowest BCUT2D eigenvalue weighted by molar-refractivity contribution is -0.122. The summed E-state index contributed by atoms with van der Waals surface area (Å²) in [5.41, 5.74) is 0.133. The molecule has 28 heavy (non-hydrogen) atoms. The SMILES string of the molecule is CCN(CCC(CNC(C)(C)C(C)=O)CNC(C)(C)C(C)=O)c1ccccc1. The predicted molar refractivity (Wildman–Crippen MR) is 118 cm³/mol. The number of nitrogens with zero attached hydrogens (tertiary/aromatic N) is 1. The molecule has 0 atom stereocenters. The molecule has 5 nitrogen and oxygen atoms in total. The molecule has 0 aromatic heterocycles. The summed E-state index contributed by atoms with van der Waals surface area (Å²) in [6.45, 7) is 16.4. The molecule has 1 aromatic carbocycles. The summed E-state index contributed by atoms with van der Waals surface area (Å²) < 4.78 is 0. The van der Waals surface area contributed by atoms with Gasteiger partial charge in [0.25, 0.3) is 0 Å². The molecule has 0 aliphatic rings. The van der Waals surface area contributed by atoms with Crippen molar-refractivity contribution in [1.29, 1.82) is 0 Å². The molecular formula is C23H39N3O2. The Morgan fingerprint density at radius 2 is 1.39 bits per heavy atom. The summed E-state index contributed by atoms with van der Waals surface area (Å²) in [5.74, 6) is 0.556. The van der Waals surface area contributed by atoms with E-state index in [9.17, 15) is 9.59 Å². The Balaban J connectivity index is 2.78. The van der Waals surface area contributed by atoms with Crippen molar-refractivity contribution in [2.24, 2.45) is 5.92 Å². The zero-order valence-electron chi connectivity index (χ0n) is 18.8. The Hall–Kier alpha value is -1.72. The first-order valence-electron chi connectivity index (χ1n) is 10.3. The fraction of sp³-hybridized carbons (Fsp3) is 0.652. The fourth-order valence-corrected chi connectivity index (χ4v) is 2.77. The smallest absolute Gasteiger partial charge is 0.149 e. The number of para-hydroxylation sites is 1. The summed E-state index contributed by atoms with van der Waals surface area (Å²) in [5, 5.41) is 6.83. The largest absolute Gasteiger partial charge is 0.372 e. The minimum absolute atomic E-state index is 0.128. The number of nitrogens with one attached hydrogen (secondary N) is 2. The lowest BCUT2D eigenvalue weighted by atomic mass is 9.95. The summed E-state index contributed by atoms with van der Waals surface area (Å²) in [6.07, 6.45) is 0.963. The Morgan fingerprint density at radius 1 is 0.929 bits per heavy atom. The second-order valence-corrected chi connectivity index (χ2v) is 8.69. The van der Waals surface area contributed by atoms with Crippen LogP contribution in [0.15, 0.2) is 30.3 Å². The van der Waals surface area contributed by atoms with Gasteiger partial charge in [-0.15, -0.1) is 0 Å². The highest BCUT2D eigenvalue weighted by Gasteiger charge is 2.27. The van der Waals surface area contributed by atoms with Crippen LogP contribution in [0.4, 0.5) is 5.69 Å². The molecule has 1 aromatic rings. The highest BCUT2D eigenvalue weighted by Crippen LogP contribution is 2.16. The molecule has 0 heterocycles. The summed E-state index contributed by atoms with van der Waals surface area (Å²) in [7, 11) is 0. The predicted octanol–water partition coefficient (Wildman–Crippen LogP) is 3.43. The number of ketones is 2. The van der Waals surface area contributed by atoms with Crippen LogP contribution in [0.1, 0.15) is 54.9 Å². The quantitative estimate of drug-likeness (QED) is 0.541. The maximum atomic E-state index is 11.9. The van der Waals surface area contributed by atoms with E-state index in [1.54, 1.807) is 13.8 Å². The van der Waals surface area contributed by atoms with Crippen molar-refractivity contribution in [2.75, 3.05) is 31.1 Å². The third-order valence-electron chi connectivity index (χ3n) is 5.74. The zero-order valence-corrected chi connectivity index (χ0v) is 18.8. The Labute approximate surface area is 171 Å². The van der Waals surface area contributed by atoms with Crippen LogP contribution in [-0.2, 0) is 9.59 Å². The van der Waals surface area contributed by atoms with Crippen LogP contribution in [0.2, 0.25) is 0 Å². The topological polar surface area (TPSA) is 61.4 Å². The third-order valence-corrected chi connectivity index (χ3v) is 5.74. The van der Waals surface area contributed by atoms with Crippen molar-refractivity contribution in [3.8, 4) is 0 Å². The van der Waals surface area contributed by atoms with Gasteiger partial charge in [0.2, 0.25) is 0 Å². The molecule has 0 amide bonds. The first kappa shape index (κ1) is 24.3. The monoisotopic (exact) mass is 389 g/mol. The molecule has 1 rings (SSSR count). The van der Waals surface area contributed by atoms with Gasteiger partial charge < -0.3 is 15.5 Å². The molecule has 0 spiro atoms. The van der Waals surface area contributed by atoms with Gasteiger partial charge in [0, 0.05) is 31.9 Å². The van der Waals surface area contributed by atoms with Crippen molar-refractivity contribution < 1.29 is 9.59 Å². The molecule has 0 unspecified atom stereocenters. The van der Waals surface area contributed by atoms with E-state index in [4.69, 9.17) is 0 Å². The van der Waals surface area contributed by atoms with Crippen LogP contribution < -0.4 is 15.5 Å². The van der Waals surface area contributed by atoms with Crippen LogP contribution in [0, 0.1) is 5.92 Å². The normalized spacial score (nSPS) is 12.3. The first-order valence-corrected chi connectivity index (χ1v) is 10.3. The number of carbonyl (C=O) groups excluding carboxylic acids is 2. The molecule has 2 N–H and O–H groups in total. The molecule has 0 radical (unpaired) electrons. The second kappa shape index (κ2) is 10.7. The lowest BCUT2D eigenvalue weighted by Gasteiger charge is -2.31. The maximum Gasteiger partial charge on any atom is 0.149 e. The van der Waals surface area contributed by atoms with E-state index in [-0.39, 0.29) is 11.6 Å². The average Bonchev–Trinajstić information content (AvgIpc) is 2.64. The fourth-order valence-electron chi connectivity index (χ4n) is 2.77. The van der Waals surface area contributed by atoms with E-state index in [1.165, 1.54) is 5.69 Å². The van der Waals surface area contributed by atoms with Gasteiger partial charge in [-0.3, -0.25) is 9.59 Å². The van der Waals surface area contributed by atoms with Crippen molar-refractivity contribution in [1.82, 2.24) is 10.6 Å².